The van der Waals surface area contributed by atoms with Crippen molar-refractivity contribution in [1.29, 1.82) is 0 Å². The average molecular weight is 303 g/mol. The van der Waals surface area contributed by atoms with Crippen LogP contribution in [0, 0.1) is 6.92 Å². The molecule has 1 aromatic carbocycles. The minimum absolute atomic E-state index is 0.156. The number of aldehydes is 1. The lowest BCUT2D eigenvalue weighted by atomic mass is 10.1. The SMILES string of the molecule is COC(=O)c1cc(C(=O)OC)cc(-n2nnc(C=O)c2C)c1. The highest BCUT2D eigenvalue weighted by Gasteiger charge is 2.17. The van der Waals surface area contributed by atoms with Crippen molar-refractivity contribution in [2.75, 3.05) is 14.2 Å². The van der Waals surface area contributed by atoms with Gasteiger partial charge in [-0.2, -0.15) is 0 Å². The Balaban J connectivity index is 2.63. The summed E-state index contributed by atoms with van der Waals surface area (Å²) in [6.07, 6.45) is 0.574. The molecule has 2 aromatic rings. The van der Waals surface area contributed by atoms with Gasteiger partial charge in [0.15, 0.2) is 6.29 Å². The number of hydrogen-bond acceptors (Lipinski definition) is 7. The summed E-state index contributed by atoms with van der Waals surface area (Å²) >= 11 is 0. The van der Waals surface area contributed by atoms with Crippen LogP contribution < -0.4 is 0 Å². The van der Waals surface area contributed by atoms with Gasteiger partial charge in [-0.25, -0.2) is 14.3 Å². The Morgan fingerprint density at radius 2 is 1.64 bits per heavy atom. The van der Waals surface area contributed by atoms with Crippen LogP contribution in [0.25, 0.3) is 5.69 Å². The van der Waals surface area contributed by atoms with Crippen molar-refractivity contribution in [3.05, 3.63) is 40.7 Å². The van der Waals surface area contributed by atoms with Gasteiger partial charge in [0.25, 0.3) is 0 Å². The Morgan fingerprint density at radius 1 is 1.09 bits per heavy atom. The zero-order valence-electron chi connectivity index (χ0n) is 12.2. The summed E-state index contributed by atoms with van der Waals surface area (Å²) in [5, 5.41) is 7.55. The second kappa shape index (κ2) is 6.17. The Bertz CT molecular complexity index is 717. The number of carbonyl (C=O) groups excluding carboxylic acids is 3. The van der Waals surface area contributed by atoms with Crippen LogP contribution in [-0.4, -0.2) is 47.4 Å². The largest absolute Gasteiger partial charge is 0.465 e. The highest BCUT2D eigenvalue weighted by atomic mass is 16.5. The van der Waals surface area contributed by atoms with E-state index in [9.17, 15) is 14.4 Å². The number of benzene rings is 1. The van der Waals surface area contributed by atoms with E-state index in [2.05, 4.69) is 19.8 Å². The van der Waals surface area contributed by atoms with Crippen LogP contribution in [-0.2, 0) is 9.47 Å². The zero-order chi connectivity index (χ0) is 16.3. The quantitative estimate of drug-likeness (QED) is 0.612. The minimum Gasteiger partial charge on any atom is -0.465 e. The molecular formula is C14H13N3O5. The van der Waals surface area contributed by atoms with Crippen molar-refractivity contribution in [2.24, 2.45) is 0 Å². The van der Waals surface area contributed by atoms with E-state index in [1.54, 1.807) is 6.92 Å². The summed E-state index contributed by atoms with van der Waals surface area (Å²) in [4.78, 5) is 34.3. The molecular weight excluding hydrogens is 290 g/mol. The lowest BCUT2D eigenvalue weighted by molar-refractivity contribution is 0.0599. The molecule has 0 atom stereocenters. The van der Waals surface area contributed by atoms with E-state index in [0.717, 1.165) is 0 Å². The molecule has 0 aliphatic rings. The maximum Gasteiger partial charge on any atom is 0.337 e. The molecule has 0 bridgehead atoms. The van der Waals surface area contributed by atoms with E-state index in [-0.39, 0.29) is 16.8 Å². The molecule has 0 unspecified atom stereocenters. The van der Waals surface area contributed by atoms with Crippen LogP contribution in [0.4, 0.5) is 0 Å². The standard InChI is InChI=1S/C14H13N3O5/c1-8-12(7-18)15-16-17(8)11-5-9(13(19)21-2)4-10(6-11)14(20)22-3/h4-7H,1-3H3. The number of carbonyl (C=O) groups is 3. The van der Waals surface area contributed by atoms with Gasteiger partial charge in [0.1, 0.15) is 5.69 Å². The maximum atomic E-state index is 11.7. The molecule has 0 N–H and O–H groups in total. The van der Waals surface area contributed by atoms with Gasteiger partial charge in [-0.15, -0.1) is 5.10 Å². The molecule has 8 nitrogen and oxygen atoms in total. The van der Waals surface area contributed by atoms with Gasteiger partial charge < -0.3 is 9.47 Å². The van der Waals surface area contributed by atoms with E-state index in [0.29, 0.717) is 17.7 Å². The molecule has 8 heteroatoms. The third-order valence-corrected chi connectivity index (χ3v) is 3.05. The summed E-state index contributed by atoms with van der Waals surface area (Å²) < 4.78 is 10.7. The molecule has 0 saturated heterocycles. The molecule has 1 heterocycles. The molecule has 22 heavy (non-hydrogen) atoms. The van der Waals surface area contributed by atoms with Gasteiger partial charge in [-0.3, -0.25) is 4.79 Å². The molecule has 0 saturated carbocycles. The first kappa shape index (κ1) is 15.4. The Labute approximate surface area is 125 Å². The van der Waals surface area contributed by atoms with Crippen LogP contribution in [0.3, 0.4) is 0 Å². The van der Waals surface area contributed by atoms with E-state index in [4.69, 9.17) is 0 Å². The van der Waals surface area contributed by atoms with Crippen LogP contribution >= 0.6 is 0 Å². The number of ether oxygens (including phenoxy) is 2. The van der Waals surface area contributed by atoms with Crippen molar-refractivity contribution < 1.29 is 23.9 Å². The highest BCUT2D eigenvalue weighted by molar-refractivity contribution is 5.96. The first-order valence-corrected chi connectivity index (χ1v) is 6.21. The molecule has 0 aliphatic carbocycles. The van der Waals surface area contributed by atoms with Crippen LogP contribution in [0.5, 0.6) is 0 Å². The van der Waals surface area contributed by atoms with E-state index >= 15 is 0 Å². The first-order valence-electron chi connectivity index (χ1n) is 6.21. The minimum atomic E-state index is -0.611. The molecule has 0 amide bonds. The lowest BCUT2D eigenvalue weighted by Gasteiger charge is -2.08. The van der Waals surface area contributed by atoms with Crippen molar-refractivity contribution in [2.45, 2.75) is 6.92 Å². The number of esters is 2. The third kappa shape index (κ3) is 2.71. The van der Waals surface area contributed by atoms with Gasteiger partial charge in [-0.1, -0.05) is 5.21 Å². The summed E-state index contributed by atoms with van der Waals surface area (Å²) in [5.74, 6) is -1.22. The van der Waals surface area contributed by atoms with Crippen molar-refractivity contribution >= 4 is 18.2 Å². The summed E-state index contributed by atoms with van der Waals surface area (Å²) in [6, 6.07) is 4.32. The molecule has 114 valence electrons. The lowest BCUT2D eigenvalue weighted by Crippen LogP contribution is -2.10. The van der Waals surface area contributed by atoms with Crippen LogP contribution in [0.15, 0.2) is 18.2 Å². The van der Waals surface area contributed by atoms with Crippen molar-refractivity contribution in [3.8, 4) is 5.69 Å². The molecule has 0 aliphatic heterocycles. The summed E-state index contributed by atoms with van der Waals surface area (Å²) in [7, 11) is 2.47. The summed E-state index contributed by atoms with van der Waals surface area (Å²) in [6.45, 7) is 1.65. The van der Waals surface area contributed by atoms with Gasteiger partial charge in [0.2, 0.25) is 0 Å². The molecule has 0 radical (unpaired) electrons. The second-order valence-electron chi connectivity index (χ2n) is 4.34. The highest BCUT2D eigenvalue weighted by Crippen LogP contribution is 2.18. The number of rotatable bonds is 4. The van der Waals surface area contributed by atoms with Gasteiger partial charge in [0.05, 0.1) is 36.7 Å². The molecule has 0 fully saturated rings. The smallest absolute Gasteiger partial charge is 0.337 e. The van der Waals surface area contributed by atoms with Crippen molar-refractivity contribution in [3.63, 3.8) is 0 Å². The van der Waals surface area contributed by atoms with Gasteiger partial charge in [0, 0.05) is 0 Å². The fourth-order valence-electron chi connectivity index (χ4n) is 1.90. The fourth-order valence-corrected chi connectivity index (χ4v) is 1.90. The molecule has 0 spiro atoms. The first-order chi connectivity index (χ1) is 10.5. The van der Waals surface area contributed by atoms with Crippen LogP contribution in [0.1, 0.15) is 36.9 Å². The number of aromatic nitrogens is 3. The fraction of sp³-hybridized carbons (Fsp3) is 0.214. The zero-order valence-corrected chi connectivity index (χ0v) is 12.2. The van der Waals surface area contributed by atoms with Gasteiger partial charge in [-0.05, 0) is 25.1 Å². The number of methoxy groups -OCH3 is 2. The van der Waals surface area contributed by atoms with E-state index in [1.165, 1.54) is 37.1 Å². The second-order valence-corrected chi connectivity index (χ2v) is 4.34. The van der Waals surface area contributed by atoms with Crippen LogP contribution in [0.2, 0.25) is 0 Å². The van der Waals surface area contributed by atoms with Crippen molar-refractivity contribution in [1.82, 2.24) is 15.0 Å². The summed E-state index contributed by atoms with van der Waals surface area (Å²) in [5.41, 5.74) is 1.35. The van der Waals surface area contributed by atoms with E-state index < -0.39 is 11.9 Å². The Morgan fingerprint density at radius 3 is 2.05 bits per heavy atom. The monoisotopic (exact) mass is 303 g/mol. The molecule has 2 rings (SSSR count). The molecule has 1 aromatic heterocycles. The number of hydrogen-bond donors (Lipinski definition) is 0. The maximum absolute atomic E-state index is 11.7. The Hall–Kier alpha value is -3.03. The topological polar surface area (TPSA) is 100 Å². The van der Waals surface area contributed by atoms with Gasteiger partial charge >= 0.3 is 11.9 Å². The predicted molar refractivity (Wildman–Crippen MR) is 74.2 cm³/mol. The third-order valence-electron chi connectivity index (χ3n) is 3.05. The Kier molecular flexibility index (Phi) is 4.31. The number of nitrogens with zero attached hydrogens (tertiary/aromatic N) is 3. The predicted octanol–water partition coefficient (Wildman–Crippen LogP) is 0.961. The average Bonchev–Trinajstić information content (AvgIpc) is 2.93. The van der Waals surface area contributed by atoms with E-state index in [1.807, 2.05) is 0 Å². The normalized spacial score (nSPS) is 10.1.